The molecule has 0 aromatic carbocycles. The van der Waals surface area contributed by atoms with Crippen molar-refractivity contribution >= 4 is 8.25 Å². The first-order valence-electron chi connectivity index (χ1n) is 4.21. The first-order chi connectivity index (χ1) is 6.56. The average molecular weight is 225 g/mol. The van der Waals surface area contributed by atoms with Crippen LogP contribution in [0.25, 0.3) is 0 Å². The van der Waals surface area contributed by atoms with E-state index in [2.05, 4.69) is 4.52 Å². The number of ether oxygens (including phenoxy) is 2. The topological polar surface area (TPSA) is 85.2 Å². The van der Waals surface area contributed by atoms with Crippen LogP contribution >= 0.6 is 8.25 Å². The molecule has 1 rings (SSSR count). The number of rotatable bonds is 4. The summed E-state index contributed by atoms with van der Waals surface area (Å²) in [5.41, 5.74) is 0. The van der Waals surface area contributed by atoms with Gasteiger partial charge in [-0.1, -0.05) is 0 Å². The summed E-state index contributed by atoms with van der Waals surface area (Å²) in [7, 11) is -1.17. The van der Waals surface area contributed by atoms with Gasteiger partial charge in [-0.05, 0) is 6.92 Å². The second kappa shape index (κ2) is 5.11. The van der Waals surface area contributed by atoms with Crippen LogP contribution in [0.5, 0.6) is 0 Å². The molecule has 1 fully saturated rings. The van der Waals surface area contributed by atoms with E-state index in [1.165, 1.54) is 7.11 Å². The third-order valence-corrected chi connectivity index (χ3v) is 2.56. The Balaban J connectivity index is 2.44. The summed E-state index contributed by atoms with van der Waals surface area (Å²) < 4.78 is 25.0. The van der Waals surface area contributed by atoms with Gasteiger partial charge in [-0.2, -0.15) is 0 Å². The molecule has 1 aliphatic heterocycles. The molecule has 0 radical (unpaired) electrons. The van der Waals surface area contributed by atoms with Crippen LogP contribution in [0.15, 0.2) is 0 Å². The molecule has 1 saturated heterocycles. The summed E-state index contributed by atoms with van der Waals surface area (Å²) in [4.78, 5) is 8.41. The molecule has 0 spiro atoms. The Labute approximate surface area is 82.7 Å². The van der Waals surface area contributed by atoms with Crippen LogP contribution in [0.3, 0.4) is 0 Å². The summed E-state index contributed by atoms with van der Waals surface area (Å²) >= 11 is 0. The van der Waals surface area contributed by atoms with Crippen LogP contribution in [-0.4, -0.2) is 48.1 Å². The van der Waals surface area contributed by atoms with Gasteiger partial charge in [0.1, 0.15) is 24.9 Å². The van der Waals surface area contributed by atoms with Gasteiger partial charge in [-0.3, -0.25) is 0 Å². The number of hydrogen-bond donors (Lipinski definition) is 2. The maximum atomic E-state index is 10.3. The Bertz CT molecular complexity index is 210. The highest BCUT2D eigenvalue weighted by atomic mass is 31.1. The summed E-state index contributed by atoms with van der Waals surface area (Å²) in [5.74, 6) is 0. The van der Waals surface area contributed by atoms with E-state index in [1.54, 1.807) is 6.92 Å². The smallest absolute Gasteiger partial charge is 0.387 e. The molecule has 0 saturated carbocycles. The fraction of sp³-hybridized carbons (Fsp3) is 1.00. The Kier molecular flexibility index (Phi) is 4.37. The first-order valence-corrected chi connectivity index (χ1v) is 5.34. The lowest BCUT2D eigenvalue weighted by Crippen LogP contribution is -2.35. The highest BCUT2D eigenvalue weighted by molar-refractivity contribution is 7.32. The van der Waals surface area contributed by atoms with E-state index in [-0.39, 0.29) is 12.7 Å². The van der Waals surface area contributed by atoms with Crippen LogP contribution in [0.2, 0.25) is 0 Å². The SMILES string of the molecule is CO[C@H]1[C@H](C)OC(CO[P+](=O)O)[C@H]1O. The third kappa shape index (κ3) is 2.70. The van der Waals surface area contributed by atoms with Gasteiger partial charge < -0.3 is 14.6 Å². The lowest BCUT2D eigenvalue weighted by molar-refractivity contribution is -0.0118. The summed E-state index contributed by atoms with van der Waals surface area (Å²) in [6.45, 7) is 1.65. The molecule has 2 N–H and O–H groups in total. The largest absolute Gasteiger partial charge is 0.694 e. The van der Waals surface area contributed by atoms with Crippen LogP contribution in [0.1, 0.15) is 6.92 Å². The van der Waals surface area contributed by atoms with Crippen LogP contribution in [0, 0.1) is 0 Å². The normalized spacial score (nSPS) is 38.7. The van der Waals surface area contributed by atoms with E-state index < -0.39 is 26.6 Å². The zero-order chi connectivity index (χ0) is 10.7. The number of hydrogen-bond acceptors (Lipinski definition) is 5. The predicted molar refractivity (Wildman–Crippen MR) is 46.9 cm³/mol. The maximum Gasteiger partial charge on any atom is 0.694 e. The number of aliphatic hydroxyl groups is 1. The fourth-order valence-corrected chi connectivity index (χ4v) is 1.80. The Morgan fingerprint density at radius 3 is 2.64 bits per heavy atom. The highest BCUT2D eigenvalue weighted by Crippen LogP contribution is 2.26. The van der Waals surface area contributed by atoms with Crippen molar-refractivity contribution in [2.75, 3.05) is 13.7 Å². The molecule has 0 bridgehead atoms. The quantitative estimate of drug-likeness (QED) is 0.645. The van der Waals surface area contributed by atoms with Gasteiger partial charge >= 0.3 is 8.25 Å². The zero-order valence-electron chi connectivity index (χ0n) is 7.99. The molecule has 0 amide bonds. The molecule has 0 aliphatic carbocycles. The van der Waals surface area contributed by atoms with Gasteiger partial charge in [-0.25, -0.2) is 0 Å². The summed E-state index contributed by atoms with van der Waals surface area (Å²) in [6, 6.07) is 0. The van der Waals surface area contributed by atoms with Gasteiger partial charge in [-0.15, -0.1) is 9.42 Å². The highest BCUT2D eigenvalue weighted by Gasteiger charge is 2.42. The van der Waals surface area contributed by atoms with Gasteiger partial charge in [0, 0.05) is 11.7 Å². The minimum absolute atomic E-state index is 0.114. The van der Waals surface area contributed by atoms with Gasteiger partial charge in [0.05, 0.1) is 6.10 Å². The van der Waals surface area contributed by atoms with Gasteiger partial charge in [0.2, 0.25) is 0 Å². The third-order valence-electron chi connectivity index (χ3n) is 2.19. The van der Waals surface area contributed by atoms with E-state index in [0.29, 0.717) is 0 Å². The van der Waals surface area contributed by atoms with E-state index in [4.69, 9.17) is 14.4 Å². The van der Waals surface area contributed by atoms with Crippen LogP contribution in [-0.2, 0) is 18.6 Å². The first kappa shape index (κ1) is 12.0. The molecular weight excluding hydrogens is 211 g/mol. The van der Waals surface area contributed by atoms with E-state index in [1.807, 2.05) is 0 Å². The second-order valence-corrected chi connectivity index (χ2v) is 3.84. The van der Waals surface area contributed by atoms with Crippen molar-refractivity contribution in [2.24, 2.45) is 0 Å². The van der Waals surface area contributed by atoms with Crippen molar-refractivity contribution < 1.29 is 28.6 Å². The molecule has 0 aromatic rings. The molecule has 1 aliphatic rings. The fourth-order valence-electron chi connectivity index (χ4n) is 1.53. The molecular formula is C7H14O6P+. The molecule has 14 heavy (non-hydrogen) atoms. The Hall–Kier alpha value is -0.100. The second-order valence-electron chi connectivity index (χ2n) is 3.10. The lowest BCUT2D eigenvalue weighted by atomic mass is 10.1. The molecule has 82 valence electrons. The van der Waals surface area contributed by atoms with E-state index in [0.717, 1.165) is 0 Å². The van der Waals surface area contributed by atoms with Crippen molar-refractivity contribution in [1.82, 2.24) is 0 Å². The van der Waals surface area contributed by atoms with E-state index in [9.17, 15) is 9.67 Å². The minimum atomic E-state index is -2.65. The Morgan fingerprint density at radius 1 is 1.57 bits per heavy atom. The monoisotopic (exact) mass is 225 g/mol. The standard InChI is InChI=1S/C7H13O6P/c1-4-7(11-2)6(8)5(13-4)3-12-14(9)10/h4-8H,3H2,1-2H3/p+1/t4-,5?,6+,7-/m0/s1. The number of aliphatic hydroxyl groups excluding tert-OH is 1. The molecule has 6 nitrogen and oxygen atoms in total. The van der Waals surface area contributed by atoms with Crippen molar-refractivity contribution in [2.45, 2.75) is 31.3 Å². The predicted octanol–water partition coefficient (Wildman–Crippen LogP) is -0.184. The van der Waals surface area contributed by atoms with Crippen molar-refractivity contribution in [3.8, 4) is 0 Å². The van der Waals surface area contributed by atoms with Gasteiger partial charge in [0.25, 0.3) is 0 Å². The van der Waals surface area contributed by atoms with E-state index >= 15 is 0 Å². The lowest BCUT2D eigenvalue weighted by Gasteiger charge is -2.14. The molecule has 7 heteroatoms. The molecule has 2 unspecified atom stereocenters. The minimum Gasteiger partial charge on any atom is -0.387 e. The van der Waals surface area contributed by atoms with Crippen LogP contribution in [0.4, 0.5) is 0 Å². The molecule has 1 heterocycles. The van der Waals surface area contributed by atoms with Crippen LogP contribution < -0.4 is 0 Å². The average Bonchev–Trinajstić information content (AvgIpc) is 2.38. The summed E-state index contributed by atoms with van der Waals surface area (Å²) in [6.07, 6.45) is -2.11. The zero-order valence-corrected chi connectivity index (χ0v) is 8.89. The maximum absolute atomic E-state index is 10.3. The molecule has 0 aromatic heterocycles. The van der Waals surface area contributed by atoms with Crippen molar-refractivity contribution in [3.05, 3.63) is 0 Å². The summed E-state index contributed by atoms with van der Waals surface area (Å²) in [5, 5.41) is 9.63. The van der Waals surface area contributed by atoms with Crippen molar-refractivity contribution in [1.29, 1.82) is 0 Å². The Morgan fingerprint density at radius 2 is 2.21 bits per heavy atom. The number of methoxy groups -OCH3 is 1. The molecule has 5 atom stereocenters. The van der Waals surface area contributed by atoms with Crippen molar-refractivity contribution in [3.63, 3.8) is 0 Å². The van der Waals surface area contributed by atoms with Gasteiger partial charge in [0.15, 0.2) is 0 Å².